The van der Waals surface area contributed by atoms with Crippen LogP contribution in [0.5, 0.6) is 0 Å². The van der Waals surface area contributed by atoms with E-state index in [1.165, 1.54) is 33.4 Å². The van der Waals surface area contributed by atoms with Crippen molar-refractivity contribution in [2.75, 3.05) is 0 Å². The Bertz CT molecular complexity index is 2050. The lowest BCUT2D eigenvalue weighted by atomic mass is 9.74. The molecule has 0 heterocycles. The molecule has 0 unspecified atom stereocenters. The number of halogens is 5. The zero-order valence-electron chi connectivity index (χ0n) is 24.8. The molecule has 0 radical (unpaired) electrons. The molecule has 228 valence electrons. The maximum atomic E-state index is 3.70. The Morgan fingerprint density at radius 2 is 0.362 bits per heavy atom. The van der Waals surface area contributed by atoms with Crippen LogP contribution in [0.25, 0.3) is 66.8 Å². The minimum atomic E-state index is 1.04. The molecule has 0 amide bonds. The molecule has 0 N–H and O–H groups in total. The predicted molar refractivity (Wildman–Crippen MR) is 218 cm³/mol. The van der Waals surface area contributed by atoms with E-state index in [1.807, 2.05) is 0 Å². The molecule has 0 spiro atoms. The van der Waals surface area contributed by atoms with E-state index in [9.17, 15) is 0 Å². The van der Waals surface area contributed by atoms with E-state index in [4.69, 9.17) is 0 Å². The topological polar surface area (TPSA) is 0 Å². The van der Waals surface area contributed by atoms with Crippen molar-refractivity contribution in [1.82, 2.24) is 0 Å². The Hall–Kier alpha value is -3.06. The van der Waals surface area contributed by atoms with Gasteiger partial charge in [0.15, 0.2) is 0 Å². The second-order valence-electron chi connectivity index (χ2n) is 11.2. The monoisotopic (exact) mass is 924 g/mol. The lowest BCUT2D eigenvalue weighted by Gasteiger charge is -2.29. The average molecular weight is 929 g/mol. The molecule has 0 aliphatic heterocycles. The molecule has 0 aliphatic rings. The van der Waals surface area contributed by atoms with Crippen LogP contribution in [0.1, 0.15) is 0 Å². The molecule has 47 heavy (non-hydrogen) atoms. The van der Waals surface area contributed by atoms with Crippen LogP contribution in [0.15, 0.2) is 174 Å². The average Bonchev–Trinajstić information content (AvgIpc) is 3.10. The molecule has 5 heteroatoms. The van der Waals surface area contributed by atoms with Gasteiger partial charge in [0.2, 0.25) is 0 Å². The van der Waals surface area contributed by atoms with E-state index >= 15 is 0 Å². The Morgan fingerprint density at radius 1 is 0.191 bits per heavy atom. The molecule has 0 fully saturated rings. The predicted octanol–water partition coefficient (Wildman–Crippen LogP) is 15.5. The minimum Gasteiger partial charge on any atom is -0.0622 e. The lowest BCUT2D eigenvalue weighted by molar-refractivity contribution is 1.50. The second kappa shape index (κ2) is 14.2. The Balaban J connectivity index is 1.81. The molecule has 0 aromatic heterocycles. The van der Waals surface area contributed by atoms with Gasteiger partial charge in [0.1, 0.15) is 0 Å². The third kappa shape index (κ3) is 6.79. The van der Waals surface area contributed by atoms with E-state index < -0.39 is 0 Å². The maximum absolute atomic E-state index is 3.70. The van der Waals surface area contributed by atoms with Crippen LogP contribution in [0.2, 0.25) is 0 Å². The fourth-order valence-electron chi connectivity index (χ4n) is 6.17. The van der Waals surface area contributed by atoms with Gasteiger partial charge in [0, 0.05) is 22.4 Å². The summed E-state index contributed by atoms with van der Waals surface area (Å²) in [6.45, 7) is 0. The van der Waals surface area contributed by atoms with Crippen molar-refractivity contribution in [3.8, 4) is 66.8 Å². The first-order valence-electron chi connectivity index (χ1n) is 15.0. The van der Waals surface area contributed by atoms with E-state index in [1.54, 1.807) is 0 Å². The summed E-state index contributed by atoms with van der Waals surface area (Å²) >= 11 is 18.5. The molecule has 0 saturated carbocycles. The highest BCUT2D eigenvalue weighted by Crippen LogP contribution is 2.56. The molecular formula is C42H25Br5. The van der Waals surface area contributed by atoms with Gasteiger partial charge in [-0.05, 0) is 127 Å². The highest BCUT2D eigenvalue weighted by atomic mass is 79.9. The Morgan fingerprint density at radius 3 is 0.553 bits per heavy atom. The second-order valence-corrected chi connectivity index (χ2v) is 15.7. The molecule has 0 atom stereocenters. The summed E-state index contributed by atoms with van der Waals surface area (Å²) in [6.07, 6.45) is 0. The summed E-state index contributed by atoms with van der Waals surface area (Å²) in [7, 11) is 0. The van der Waals surface area contributed by atoms with Crippen molar-refractivity contribution in [3.05, 3.63) is 174 Å². The van der Waals surface area contributed by atoms with Gasteiger partial charge in [-0.15, -0.1) is 0 Å². The summed E-state index contributed by atoms with van der Waals surface area (Å²) in [5.74, 6) is 0. The van der Waals surface area contributed by atoms with Gasteiger partial charge in [-0.25, -0.2) is 0 Å². The van der Waals surface area contributed by atoms with Gasteiger partial charge in [0.25, 0.3) is 0 Å². The van der Waals surface area contributed by atoms with Crippen molar-refractivity contribution in [2.45, 2.75) is 0 Å². The van der Waals surface area contributed by atoms with Gasteiger partial charge in [-0.3, -0.25) is 0 Å². The zero-order valence-corrected chi connectivity index (χ0v) is 32.8. The minimum absolute atomic E-state index is 1.04. The first-order valence-corrected chi connectivity index (χ1v) is 18.9. The number of rotatable bonds is 6. The van der Waals surface area contributed by atoms with Gasteiger partial charge < -0.3 is 0 Å². The van der Waals surface area contributed by atoms with Crippen LogP contribution in [-0.2, 0) is 0 Å². The van der Waals surface area contributed by atoms with Gasteiger partial charge in [0.05, 0.1) is 0 Å². The normalized spacial score (nSPS) is 11.1. The van der Waals surface area contributed by atoms with Crippen molar-refractivity contribution in [2.24, 2.45) is 0 Å². The summed E-state index contributed by atoms with van der Waals surface area (Å²) in [5.41, 5.74) is 14.0. The molecule has 7 rings (SSSR count). The summed E-state index contributed by atoms with van der Waals surface area (Å²) in [4.78, 5) is 0. The van der Waals surface area contributed by atoms with Crippen molar-refractivity contribution in [3.63, 3.8) is 0 Å². The van der Waals surface area contributed by atoms with Crippen molar-refractivity contribution in [1.29, 1.82) is 0 Å². The summed E-state index contributed by atoms with van der Waals surface area (Å²) in [6, 6.07) is 54.4. The molecular weight excluding hydrogens is 904 g/mol. The first-order chi connectivity index (χ1) is 22.9. The van der Waals surface area contributed by atoms with Gasteiger partial charge >= 0.3 is 0 Å². The number of benzene rings is 7. The number of hydrogen-bond donors (Lipinski definition) is 0. The molecule has 0 nitrogen and oxygen atoms in total. The molecule has 0 bridgehead atoms. The Labute approximate surface area is 317 Å². The third-order valence-corrected chi connectivity index (χ3v) is 10.9. The molecule has 0 aliphatic carbocycles. The molecule has 7 aromatic carbocycles. The van der Waals surface area contributed by atoms with Crippen molar-refractivity contribution >= 4 is 79.6 Å². The van der Waals surface area contributed by atoms with Crippen LogP contribution in [0, 0.1) is 0 Å². The standard InChI is InChI=1S/C42H25Br5/c43-32-16-6-27(7-17-32)38-37(26-4-2-1-3-5-26)39(28-8-18-33(44)19-9-28)41(30-12-22-35(46)23-13-30)42(31-14-24-36(47)25-15-31)40(38)29-10-20-34(45)21-11-29/h1-25H. The van der Waals surface area contributed by atoms with Crippen LogP contribution in [-0.4, -0.2) is 0 Å². The lowest BCUT2D eigenvalue weighted by Crippen LogP contribution is -2.02. The SMILES string of the molecule is Brc1ccc(-c2c(-c3ccccc3)c(-c3ccc(Br)cc3)c(-c3ccc(Br)cc3)c(-c3ccc(Br)cc3)c2-c2ccc(Br)cc2)cc1. The van der Waals surface area contributed by atoms with E-state index in [0.717, 1.165) is 55.7 Å². The smallest absolute Gasteiger partial charge is 0.0175 e. The first kappa shape index (κ1) is 32.5. The van der Waals surface area contributed by atoms with Crippen LogP contribution < -0.4 is 0 Å². The molecule has 0 saturated heterocycles. The van der Waals surface area contributed by atoms with Gasteiger partial charge in [-0.2, -0.15) is 0 Å². The van der Waals surface area contributed by atoms with Crippen LogP contribution in [0.3, 0.4) is 0 Å². The molecule has 7 aromatic rings. The maximum Gasteiger partial charge on any atom is 0.0175 e. The highest BCUT2D eigenvalue weighted by Gasteiger charge is 2.29. The van der Waals surface area contributed by atoms with E-state index in [-0.39, 0.29) is 0 Å². The number of hydrogen-bond acceptors (Lipinski definition) is 0. The quantitative estimate of drug-likeness (QED) is 0.156. The van der Waals surface area contributed by atoms with E-state index in [0.29, 0.717) is 0 Å². The summed E-state index contributed by atoms with van der Waals surface area (Å²) in [5, 5.41) is 0. The summed E-state index contributed by atoms with van der Waals surface area (Å²) < 4.78 is 5.21. The largest absolute Gasteiger partial charge is 0.0622 e. The van der Waals surface area contributed by atoms with Crippen molar-refractivity contribution < 1.29 is 0 Å². The Kier molecular flexibility index (Phi) is 9.81. The highest BCUT2D eigenvalue weighted by molar-refractivity contribution is 9.11. The zero-order chi connectivity index (χ0) is 32.5. The fraction of sp³-hybridized carbons (Fsp3) is 0. The van der Waals surface area contributed by atoms with Crippen LogP contribution in [0.4, 0.5) is 0 Å². The third-order valence-electron chi connectivity index (χ3n) is 8.23. The van der Waals surface area contributed by atoms with Crippen LogP contribution >= 0.6 is 79.6 Å². The fourth-order valence-corrected chi connectivity index (χ4v) is 7.49. The van der Waals surface area contributed by atoms with E-state index in [2.05, 4.69) is 231 Å². The van der Waals surface area contributed by atoms with Gasteiger partial charge in [-0.1, -0.05) is 171 Å².